The Bertz CT molecular complexity index is 1010. The van der Waals surface area contributed by atoms with Crippen molar-refractivity contribution in [1.82, 2.24) is 0 Å². The Morgan fingerprint density at radius 2 is 1.53 bits per heavy atom. The number of amides is 2. The SMILES string of the molecule is Cc1cccc(NC(=O)C[NH+](C)Cc2ccc(C(=O)Nc3ccccc3)cc2)c1C. The second-order valence-electron chi connectivity index (χ2n) is 7.62. The average Bonchev–Trinajstić information content (AvgIpc) is 2.72. The molecule has 2 amide bonds. The largest absolute Gasteiger partial charge is 0.326 e. The molecular formula is C25H28N3O2+. The number of aryl methyl sites for hydroxylation is 1. The Morgan fingerprint density at radius 1 is 0.833 bits per heavy atom. The molecule has 5 heteroatoms. The third kappa shape index (κ3) is 5.78. The number of nitrogens with one attached hydrogen (secondary N) is 3. The van der Waals surface area contributed by atoms with Gasteiger partial charge in [-0.1, -0.05) is 42.5 Å². The van der Waals surface area contributed by atoms with Crippen LogP contribution >= 0.6 is 0 Å². The third-order valence-electron chi connectivity index (χ3n) is 5.09. The van der Waals surface area contributed by atoms with Crippen LogP contribution in [0, 0.1) is 13.8 Å². The van der Waals surface area contributed by atoms with E-state index in [0.717, 1.165) is 33.0 Å². The number of benzene rings is 3. The molecule has 3 rings (SSSR count). The fraction of sp³-hybridized carbons (Fsp3) is 0.200. The van der Waals surface area contributed by atoms with Gasteiger partial charge in [0.25, 0.3) is 11.8 Å². The van der Waals surface area contributed by atoms with Crippen LogP contribution in [-0.4, -0.2) is 25.4 Å². The fourth-order valence-corrected chi connectivity index (χ4v) is 3.26. The minimum absolute atomic E-state index is 0.0138. The van der Waals surface area contributed by atoms with Gasteiger partial charge in [-0.05, 0) is 55.3 Å². The summed E-state index contributed by atoms with van der Waals surface area (Å²) in [5.74, 6) is -0.151. The molecular weight excluding hydrogens is 374 g/mol. The third-order valence-corrected chi connectivity index (χ3v) is 5.09. The van der Waals surface area contributed by atoms with Crippen molar-refractivity contribution in [3.63, 3.8) is 0 Å². The van der Waals surface area contributed by atoms with Crippen molar-refractivity contribution >= 4 is 23.2 Å². The number of anilines is 2. The maximum atomic E-state index is 12.4. The van der Waals surface area contributed by atoms with Crippen molar-refractivity contribution in [1.29, 1.82) is 0 Å². The summed E-state index contributed by atoms with van der Waals surface area (Å²) in [7, 11) is 1.98. The molecule has 30 heavy (non-hydrogen) atoms. The van der Waals surface area contributed by atoms with Gasteiger partial charge >= 0.3 is 0 Å². The van der Waals surface area contributed by atoms with Crippen LogP contribution in [0.4, 0.5) is 11.4 Å². The molecule has 0 aliphatic heterocycles. The first kappa shape index (κ1) is 21.3. The second-order valence-corrected chi connectivity index (χ2v) is 7.62. The summed E-state index contributed by atoms with van der Waals surface area (Å²) in [6.45, 7) is 5.10. The van der Waals surface area contributed by atoms with E-state index in [1.54, 1.807) is 0 Å². The number of quaternary nitrogens is 1. The maximum Gasteiger partial charge on any atom is 0.279 e. The molecule has 0 aliphatic rings. The lowest BCUT2D eigenvalue weighted by Gasteiger charge is -2.15. The highest BCUT2D eigenvalue weighted by atomic mass is 16.2. The van der Waals surface area contributed by atoms with Crippen molar-refractivity contribution in [2.24, 2.45) is 0 Å². The Hall–Kier alpha value is -3.44. The molecule has 0 spiro atoms. The Labute approximate surface area is 177 Å². The highest BCUT2D eigenvalue weighted by Crippen LogP contribution is 2.17. The van der Waals surface area contributed by atoms with Crippen LogP contribution in [-0.2, 0) is 11.3 Å². The molecule has 1 atom stereocenters. The Balaban J connectivity index is 1.52. The lowest BCUT2D eigenvalue weighted by Crippen LogP contribution is -3.08. The van der Waals surface area contributed by atoms with Crippen molar-refractivity contribution in [2.75, 3.05) is 24.2 Å². The van der Waals surface area contributed by atoms with Gasteiger partial charge in [0, 0.05) is 22.5 Å². The van der Waals surface area contributed by atoms with Gasteiger partial charge in [-0.15, -0.1) is 0 Å². The van der Waals surface area contributed by atoms with E-state index in [1.165, 1.54) is 0 Å². The first-order chi connectivity index (χ1) is 14.4. The van der Waals surface area contributed by atoms with Gasteiger partial charge < -0.3 is 15.5 Å². The highest BCUT2D eigenvalue weighted by molar-refractivity contribution is 6.04. The molecule has 3 aromatic carbocycles. The van der Waals surface area contributed by atoms with Gasteiger partial charge in [-0.3, -0.25) is 9.59 Å². The van der Waals surface area contributed by atoms with E-state index in [9.17, 15) is 9.59 Å². The number of hydrogen-bond donors (Lipinski definition) is 3. The molecule has 0 aliphatic carbocycles. The number of likely N-dealkylation sites (N-methyl/N-ethyl adjacent to an activating group) is 1. The van der Waals surface area contributed by atoms with E-state index in [2.05, 4.69) is 10.6 Å². The lowest BCUT2D eigenvalue weighted by atomic mass is 10.1. The van der Waals surface area contributed by atoms with Crippen LogP contribution in [0.3, 0.4) is 0 Å². The normalized spacial score (nSPS) is 11.6. The summed E-state index contributed by atoms with van der Waals surface area (Å²) in [5, 5.41) is 5.88. The second kappa shape index (κ2) is 9.85. The van der Waals surface area contributed by atoms with Crippen molar-refractivity contribution in [3.05, 3.63) is 95.1 Å². The van der Waals surface area contributed by atoms with E-state index < -0.39 is 0 Å². The molecule has 0 heterocycles. The predicted octanol–water partition coefficient (Wildman–Crippen LogP) is 3.21. The molecule has 3 N–H and O–H groups in total. The summed E-state index contributed by atoms with van der Waals surface area (Å²) < 4.78 is 0. The molecule has 0 saturated heterocycles. The van der Waals surface area contributed by atoms with Gasteiger partial charge in [0.2, 0.25) is 0 Å². The smallest absolute Gasteiger partial charge is 0.279 e. The predicted molar refractivity (Wildman–Crippen MR) is 121 cm³/mol. The molecule has 1 unspecified atom stereocenters. The quantitative estimate of drug-likeness (QED) is 0.568. The van der Waals surface area contributed by atoms with Crippen LogP contribution in [0.2, 0.25) is 0 Å². The average molecular weight is 403 g/mol. The van der Waals surface area contributed by atoms with Crippen molar-refractivity contribution < 1.29 is 14.5 Å². The minimum Gasteiger partial charge on any atom is -0.326 e. The molecule has 5 nitrogen and oxygen atoms in total. The Morgan fingerprint density at radius 3 is 2.23 bits per heavy atom. The summed E-state index contributed by atoms with van der Waals surface area (Å²) in [4.78, 5) is 25.8. The number of para-hydroxylation sites is 1. The topological polar surface area (TPSA) is 62.6 Å². The molecule has 0 aromatic heterocycles. The van der Waals surface area contributed by atoms with Gasteiger partial charge in [0.1, 0.15) is 6.54 Å². The highest BCUT2D eigenvalue weighted by Gasteiger charge is 2.13. The number of carbonyl (C=O) groups is 2. The maximum absolute atomic E-state index is 12.4. The van der Waals surface area contributed by atoms with Gasteiger partial charge in [0.05, 0.1) is 7.05 Å². The van der Waals surface area contributed by atoms with Crippen LogP contribution in [0.5, 0.6) is 0 Å². The molecule has 3 aromatic rings. The van der Waals surface area contributed by atoms with E-state index in [-0.39, 0.29) is 11.8 Å². The monoisotopic (exact) mass is 402 g/mol. The lowest BCUT2D eigenvalue weighted by molar-refractivity contribution is -0.885. The molecule has 0 fully saturated rings. The van der Waals surface area contributed by atoms with Crippen molar-refractivity contribution in [2.45, 2.75) is 20.4 Å². The van der Waals surface area contributed by atoms with Crippen LogP contribution < -0.4 is 15.5 Å². The Kier molecular flexibility index (Phi) is 6.99. The van der Waals surface area contributed by atoms with Crippen LogP contribution in [0.25, 0.3) is 0 Å². The first-order valence-corrected chi connectivity index (χ1v) is 10.0. The molecule has 0 bridgehead atoms. The number of hydrogen-bond acceptors (Lipinski definition) is 2. The summed E-state index contributed by atoms with van der Waals surface area (Å²) in [6, 6.07) is 22.8. The fourth-order valence-electron chi connectivity index (χ4n) is 3.26. The number of carbonyl (C=O) groups excluding carboxylic acids is 2. The first-order valence-electron chi connectivity index (χ1n) is 10.0. The zero-order chi connectivity index (χ0) is 21.5. The van der Waals surface area contributed by atoms with E-state index in [1.807, 2.05) is 93.7 Å². The van der Waals surface area contributed by atoms with Crippen LogP contribution in [0.15, 0.2) is 72.8 Å². The summed E-state index contributed by atoms with van der Waals surface area (Å²) in [6.07, 6.45) is 0. The molecule has 0 radical (unpaired) electrons. The molecule has 154 valence electrons. The van der Waals surface area contributed by atoms with Gasteiger partial charge in [-0.25, -0.2) is 0 Å². The van der Waals surface area contributed by atoms with Gasteiger partial charge in [-0.2, -0.15) is 0 Å². The standard InChI is InChI=1S/C25H27N3O2/c1-18-8-7-11-23(19(18)2)27-24(29)17-28(3)16-20-12-14-21(15-13-20)25(30)26-22-9-5-4-6-10-22/h4-15H,16-17H2,1-3H3,(H,26,30)(H,27,29)/p+1. The zero-order valence-corrected chi connectivity index (χ0v) is 17.7. The zero-order valence-electron chi connectivity index (χ0n) is 17.7. The number of rotatable bonds is 7. The summed E-state index contributed by atoms with van der Waals surface area (Å²) >= 11 is 0. The van der Waals surface area contributed by atoms with E-state index in [0.29, 0.717) is 18.7 Å². The van der Waals surface area contributed by atoms with E-state index >= 15 is 0 Å². The van der Waals surface area contributed by atoms with E-state index in [4.69, 9.17) is 0 Å². The minimum atomic E-state index is -0.138. The van der Waals surface area contributed by atoms with Crippen LogP contribution in [0.1, 0.15) is 27.0 Å². The van der Waals surface area contributed by atoms with Gasteiger partial charge in [0.15, 0.2) is 6.54 Å². The molecule has 0 saturated carbocycles. The van der Waals surface area contributed by atoms with Crippen molar-refractivity contribution in [3.8, 4) is 0 Å². The summed E-state index contributed by atoms with van der Waals surface area (Å²) in [5.41, 5.74) is 5.56.